The normalized spacial score (nSPS) is 11.7. The van der Waals surface area contributed by atoms with E-state index in [-0.39, 0.29) is 53.1 Å². The number of hydrogen-bond acceptors (Lipinski definition) is 10. The maximum absolute atomic E-state index is 13.6. The molecule has 2 aromatic heterocycles. The van der Waals surface area contributed by atoms with Gasteiger partial charge in [-0.1, -0.05) is 23.8 Å². The van der Waals surface area contributed by atoms with Crippen LogP contribution in [0.2, 0.25) is 0 Å². The summed E-state index contributed by atoms with van der Waals surface area (Å²) in [5.74, 6) is -4.19. The molecule has 13 nitrogen and oxygen atoms in total. The van der Waals surface area contributed by atoms with E-state index in [1.165, 1.54) is 49.6 Å². The fourth-order valence-corrected chi connectivity index (χ4v) is 6.52. The molecule has 45 heavy (non-hydrogen) atoms. The van der Waals surface area contributed by atoms with E-state index in [0.717, 1.165) is 15.9 Å². The van der Waals surface area contributed by atoms with E-state index in [1.807, 2.05) is 0 Å². The fourth-order valence-electron chi connectivity index (χ4n) is 4.34. The van der Waals surface area contributed by atoms with Crippen LogP contribution in [0.5, 0.6) is 5.75 Å². The number of carbonyl (C=O) groups excluding carboxylic acids is 1. The Kier molecular flexibility index (Phi) is 10.00. The van der Waals surface area contributed by atoms with Crippen LogP contribution in [0.3, 0.4) is 0 Å². The Labute approximate surface area is 259 Å². The number of carboxylic acids is 1. The van der Waals surface area contributed by atoms with Crippen molar-refractivity contribution in [1.82, 2.24) is 15.3 Å². The Morgan fingerprint density at radius 2 is 1.78 bits per heavy atom. The number of amides is 1. The lowest BCUT2D eigenvalue weighted by molar-refractivity contribution is 0.0688. The van der Waals surface area contributed by atoms with Crippen molar-refractivity contribution in [3.63, 3.8) is 0 Å². The molecular formula is C29H30FN5O8S2. The van der Waals surface area contributed by atoms with Crippen LogP contribution < -0.4 is 19.5 Å². The van der Waals surface area contributed by atoms with E-state index >= 15 is 0 Å². The zero-order valence-corrected chi connectivity index (χ0v) is 25.9. The quantitative estimate of drug-likeness (QED) is 0.141. The Bertz CT molecular complexity index is 1970. The van der Waals surface area contributed by atoms with Gasteiger partial charge in [0.25, 0.3) is 5.91 Å². The molecule has 0 fully saturated rings. The van der Waals surface area contributed by atoms with Crippen LogP contribution in [0.4, 0.5) is 10.2 Å². The molecule has 4 rings (SSSR count). The second-order valence-corrected chi connectivity index (χ2v) is 13.6. The predicted molar refractivity (Wildman–Crippen MR) is 164 cm³/mol. The number of carbonyl (C=O) groups is 2. The summed E-state index contributed by atoms with van der Waals surface area (Å²) in [5, 5.41) is 12.6. The average Bonchev–Trinajstić information content (AvgIpc) is 3.00. The number of carboxylic acid groups (broad SMARTS) is 1. The average molecular weight is 660 g/mol. The van der Waals surface area contributed by atoms with Crippen LogP contribution in [0, 0.1) is 12.7 Å². The van der Waals surface area contributed by atoms with Crippen LogP contribution in [0.15, 0.2) is 65.7 Å². The molecule has 0 spiro atoms. The molecule has 0 unspecified atom stereocenters. The first-order chi connectivity index (χ1) is 21.2. The number of halogens is 1. The Hall–Kier alpha value is -4.67. The first-order valence-electron chi connectivity index (χ1n) is 13.5. The number of nitrogens with one attached hydrogen (secondary N) is 1. The number of unbranched alkanes of at least 4 members (excludes halogenated alkanes) is 1. The van der Waals surface area contributed by atoms with E-state index in [1.54, 1.807) is 19.1 Å². The highest BCUT2D eigenvalue weighted by Gasteiger charge is 2.30. The molecule has 4 N–H and O–H groups in total. The Balaban J connectivity index is 1.54. The van der Waals surface area contributed by atoms with Crippen LogP contribution in [0.1, 0.15) is 44.8 Å². The standard InChI is InChI=1S/C29H30FN5O8S2/c1-18-7-11-21(12-8-18)45(41,42)43-26-24-22(6-5-14-32-24)27(34-25(26)29(37)38)35(2)44(39,40)15-4-3-13-33-28(36)23-16-20(30)10-9-19(23)17-31/h5-12,14,16H,3-4,13,15,17,31H2,1-2H3,(H,33,36)(H,37,38). The molecule has 16 heteroatoms. The topological polar surface area (TPSA) is 199 Å². The maximum Gasteiger partial charge on any atom is 0.358 e. The number of aromatic carboxylic acids is 1. The monoisotopic (exact) mass is 659 g/mol. The molecule has 0 aliphatic heterocycles. The van der Waals surface area contributed by atoms with Crippen LogP contribution in [-0.4, -0.2) is 63.1 Å². The van der Waals surface area contributed by atoms with Gasteiger partial charge >= 0.3 is 16.1 Å². The zero-order valence-electron chi connectivity index (χ0n) is 24.2. The van der Waals surface area contributed by atoms with E-state index in [4.69, 9.17) is 9.92 Å². The molecular weight excluding hydrogens is 629 g/mol. The number of pyridine rings is 2. The minimum atomic E-state index is -4.52. The number of sulfonamides is 1. The summed E-state index contributed by atoms with van der Waals surface area (Å²) in [6.07, 6.45) is 1.61. The molecule has 0 bridgehead atoms. The first kappa shape index (κ1) is 33.2. The number of benzene rings is 2. The van der Waals surface area contributed by atoms with Gasteiger partial charge in [0.15, 0.2) is 11.5 Å². The molecule has 1 amide bonds. The highest BCUT2D eigenvalue weighted by atomic mass is 32.2. The molecule has 0 aliphatic carbocycles. The summed E-state index contributed by atoms with van der Waals surface area (Å²) in [7, 11) is -7.44. The van der Waals surface area contributed by atoms with Gasteiger partial charge < -0.3 is 20.3 Å². The Morgan fingerprint density at radius 1 is 1.07 bits per heavy atom. The van der Waals surface area contributed by atoms with Crippen LogP contribution >= 0.6 is 0 Å². The number of nitrogens with two attached hydrogens (primary N) is 1. The minimum absolute atomic E-state index is 0.0285. The smallest absolute Gasteiger partial charge is 0.358 e. The van der Waals surface area contributed by atoms with Gasteiger partial charge in [0, 0.05) is 37.3 Å². The lowest BCUT2D eigenvalue weighted by Gasteiger charge is -2.21. The third-order valence-corrected chi connectivity index (χ3v) is 9.82. The van der Waals surface area contributed by atoms with Gasteiger partial charge in [-0.05, 0) is 61.7 Å². The van der Waals surface area contributed by atoms with Gasteiger partial charge in [0.2, 0.25) is 15.8 Å². The second-order valence-electron chi connectivity index (χ2n) is 9.92. The van der Waals surface area contributed by atoms with Crippen molar-refractivity contribution in [1.29, 1.82) is 0 Å². The van der Waals surface area contributed by atoms with Crippen LogP contribution in [0.25, 0.3) is 10.9 Å². The third-order valence-electron chi connectivity index (χ3n) is 6.77. The maximum atomic E-state index is 13.6. The number of anilines is 1. The van der Waals surface area contributed by atoms with Crippen molar-refractivity contribution in [2.24, 2.45) is 5.73 Å². The van der Waals surface area contributed by atoms with Crippen molar-refractivity contribution in [3.05, 3.63) is 89.0 Å². The molecule has 4 aromatic rings. The number of rotatable bonds is 13. The van der Waals surface area contributed by atoms with E-state index in [0.29, 0.717) is 5.56 Å². The van der Waals surface area contributed by atoms with E-state index in [2.05, 4.69) is 15.3 Å². The lowest BCUT2D eigenvalue weighted by Crippen LogP contribution is -2.31. The van der Waals surface area contributed by atoms with E-state index < -0.39 is 55.0 Å². The molecule has 2 aromatic carbocycles. The number of aryl methyl sites for hydroxylation is 1. The van der Waals surface area contributed by atoms with Crippen molar-refractivity contribution < 1.29 is 40.1 Å². The van der Waals surface area contributed by atoms with Crippen molar-refractivity contribution in [3.8, 4) is 5.75 Å². The second kappa shape index (κ2) is 13.5. The number of nitrogens with zero attached hydrogens (tertiary/aromatic N) is 3. The third kappa shape index (κ3) is 7.53. The van der Waals surface area contributed by atoms with Gasteiger partial charge in [-0.3, -0.25) is 14.1 Å². The van der Waals surface area contributed by atoms with Crippen LogP contribution in [-0.2, 0) is 26.7 Å². The number of fused-ring (bicyclic) bond motifs is 1. The minimum Gasteiger partial charge on any atom is -0.476 e. The van der Waals surface area contributed by atoms with Gasteiger partial charge in [0.1, 0.15) is 16.2 Å². The van der Waals surface area contributed by atoms with Gasteiger partial charge in [-0.15, -0.1) is 0 Å². The van der Waals surface area contributed by atoms with Crippen molar-refractivity contribution in [2.75, 3.05) is 23.7 Å². The highest BCUT2D eigenvalue weighted by Crippen LogP contribution is 2.35. The first-order valence-corrected chi connectivity index (χ1v) is 16.5. The van der Waals surface area contributed by atoms with Gasteiger partial charge in [-0.25, -0.2) is 22.6 Å². The summed E-state index contributed by atoms with van der Waals surface area (Å²) in [6.45, 7) is 1.88. The number of hydrogen-bond donors (Lipinski definition) is 3. The van der Waals surface area contributed by atoms with Gasteiger partial charge in [0.05, 0.1) is 5.75 Å². The molecule has 0 saturated carbocycles. The van der Waals surface area contributed by atoms with Crippen molar-refractivity contribution >= 4 is 48.7 Å². The molecule has 238 valence electrons. The molecule has 0 saturated heterocycles. The molecule has 0 aliphatic rings. The largest absolute Gasteiger partial charge is 0.476 e. The van der Waals surface area contributed by atoms with E-state index in [9.17, 15) is 35.9 Å². The SMILES string of the molecule is Cc1ccc(S(=O)(=O)Oc2c(C(=O)O)nc(N(C)S(=O)(=O)CCCCNC(=O)c3cc(F)ccc3CN)c3cccnc23)cc1. The summed E-state index contributed by atoms with van der Waals surface area (Å²) in [6, 6.07) is 12.2. The Morgan fingerprint density at radius 3 is 2.44 bits per heavy atom. The predicted octanol–water partition coefficient (Wildman–Crippen LogP) is 2.98. The number of aromatic nitrogens is 2. The molecule has 0 atom stereocenters. The summed E-state index contributed by atoms with van der Waals surface area (Å²) < 4.78 is 72.2. The highest BCUT2D eigenvalue weighted by molar-refractivity contribution is 7.92. The fraction of sp³-hybridized carbons (Fsp3) is 0.241. The zero-order chi connectivity index (χ0) is 32.9. The lowest BCUT2D eigenvalue weighted by atomic mass is 10.1. The summed E-state index contributed by atoms with van der Waals surface area (Å²) in [5.41, 5.74) is 5.86. The summed E-state index contributed by atoms with van der Waals surface area (Å²) in [4.78, 5) is 32.6. The summed E-state index contributed by atoms with van der Waals surface area (Å²) >= 11 is 0. The molecule has 0 radical (unpaired) electrons. The van der Waals surface area contributed by atoms with Gasteiger partial charge in [-0.2, -0.15) is 8.42 Å². The molecule has 2 heterocycles. The van der Waals surface area contributed by atoms with Crippen molar-refractivity contribution in [2.45, 2.75) is 31.2 Å².